The predicted octanol–water partition coefficient (Wildman–Crippen LogP) is 1.01. The maximum absolute atomic E-state index is 11.3. The van der Waals surface area contributed by atoms with Gasteiger partial charge in [0.2, 0.25) is 0 Å². The molecule has 1 spiro atoms. The summed E-state index contributed by atoms with van der Waals surface area (Å²) in [5, 5.41) is 0. The van der Waals surface area contributed by atoms with Crippen molar-refractivity contribution in [2.24, 2.45) is 0 Å². The number of amides is 1. The van der Waals surface area contributed by atoms with Crippen LogP contribution < -0.4 is 0 Å². The van der Waals surface area contributed by atoms with Crippen LogP contribution in [0.3, 0.4) is 0 Å². The fourth-order valence-electron chi connectivity index (χ4n) is 1.69. The maximum Gasteiger partial charge on any atom is 0.410 e. The van der Waals surface area contributed by atoms with E-state index >= 15 is 0 Å². The average molecular weight is 185 g/mol. The Balaban J connectivity index is 1.76. The molecule has 0 aromatic heterocycles. The molecule has 0 N–H and O–H groups in total. The van der Waals surface area contributed by atoms with Crippen molar-refractivity contribution in [1.29, 1.82) is 0 Å². The second-order valence-corrected chi connectivity index (χ2v) is 4.07. The lowest BCUT2D eigenvalue weighted by Gasteiger charge is -2.54. The van der Waals surface area contributed by atoms with E-state index in [2.05, 4.69) is 0 Å². The Labute approximate surface area is 77.8 Å². The summed E-state index contributed by atoms with van der Waals surface area (Å²) in [6, 6.07) is 0. The summed E-state index contributed by atoms with van der Waals surface area (Å²) in [6.07, 6.45) is 0.834. The van der Waals surface area contributed by atoms with Crippen LogP contribution in [-0.2, 0) is 9.47 Å². The number of carbonyl (C=O) groups excluding carboxylic acids is 1. The van der Waals surface area contributed by atoms with E-state index < -0.39 is 0 Å². The minimum absolute atomic E-state index is 0.00992. The first-order valence-corrected chi connectivity index (χ1v) is 4.71. The largest absolute Gasteiger partial charge is 0.447 e. The zero-order valence-electron chi connectivity index (χ0n) is 8.08. The molecule has 4 heteroatoms. The van der Waals surface area contributed by atoms with E-state index in [9.17, 15) is 4.79 Å². The number of carbonyl (C=O) groups is 1. The summed E-state index contributed by atoms with van der Waals surface area (Å²) >= 11 is 0. The standard InChI is InChI=1S/C9H15NO3/c1-7(2)13-8(11)10-5-9(6-10)3-4-12-9/h7H,3-6H2,1-2H3. The molecule has 0 unspecified atom stereocenters. The van der Waals surface area contributed by atoms with Crippen LogP contribution in [0.15, 0.2) is 0 Å². The molecule has 4 nitrogen and oxygen atoms in total. The third-order valence-corrected chi connectivity index (χ3v) is 2.52. The molecule has 0 aromatic rings. The molecule has 2 aliphatic rings. The molecule has 2 fully saturated rings. The van der Waals surface area contributed by atoms with Crippen molar-refractivity contribution >= 4 is 6.09 Å². The van der Waals surface area contributed by atoms with Crippen molar-refractivity contribution in [3.63, 3.8) is 0 Å². The average Bonchev–Trinajstić information content (AvgIpc) is 1.77. The molecule has 0 radical (unpaired) electrons. The van der Waals surface area contributed by atoms with Gasteiger partial charge in [-0.05, 0) is 13.8 Å². The molecule has 13 heavy (non-hydrogen) atoms. The van der Waals surface area contributed by atoms with Gasteiger partial charge in [-0.15, -0.1) is 0 Å². The third-order valence-electron chi connectivity index (χ3n) is 2.52. The fraction of sp³-hybridized carbons (Fsp3) is 0.889. The van der Waals surface area contributed by atoms with Gasteiger partial charge < -0.3 is 14.4 Å². The lowest BCUT2D eigenvalue weighted by atomic mass is 9.87. The fourth-order valence-corrected chi connectivity index (χ4v) is 1.69. The number of hydrogen-bond donors (Lipinski definition) is 0. The zero-order valence-corrected chi connectivity index (χ0v) is 8.08. The number of rotatable bonds is 1. The van der Waals surface area contributed by atoms with Crippen LogP contribution in [0.5, 0.6) is 0 Å². The number of likely N-dealkylation sites (tertiary alicyclic amines) is 1. The first-order valence-electron chi connectivity index (χ1n) is 4.71. The van der Waals surface area contributed by atoms with Gasteiger partial charge in [-0.25, -0.2) is 4.79 Å². The Morgan fingerprint density at radius 1 is 1.54 bits per heavy atom. The lowest BCUT2D eigenvalue weighted by molar-refractivity contribution is -0.213. The molecular weight excluding hydrogens is 170 g/mol. The molecule has 0 saturated carbocycles. The Morgan fingerprint density at radius 3 is 2.54 bits per heavy atom. The minimum Gasteiger partial charge on any atom is -0.447 e. The van der Waals surface area contributed by atoms with Crippen molar-refractivity contribution in [2.45, 2.75) is 32.0 Å². The van der Waals surface area contributed by atoms with Gasteiger partial charge in [-0.1, -0.05) is 0 Å². The van der Waals surface area contributed by atoms with E-state index in [0.29, 0.717) is 13.1 Å². The number of hydrogen-bond acceptors (Lipinski definition) is 3. The van der Waals surface area contributed by atoms with Crippen LogP contribution in [0.4, 0.5) is 4.79 Å². The number of ether oxygens (including phenoxy) is 2. The molecule has 1 amide bonds. The van der Waals surface area contributed by atoms with Gasteiger partial charge >= 0.3 is 6.09 Å². The van der Waals surface area contributed by atoms with Gasteiger partial charge in [0, 0.05) is 6.42 Å². The van der Waals surface area contributed by atoms with E-state index in [1.807, 2.05) is 13.8 Å². The van der Waals surface area contributed by atoms with Crippen LogP contribution in [0.1, 0.15) is 20.3 Å². The smallest absolute Gasteiger partial charge is 0.410 e. The molecule has 74 valence electrons. The Morgan fingerprint density at radius 2 is 2.15 bits per heavy atom. The highest BCUT2D eigenvalue weighted by Crippen LogP contribution is 2.36. The molecule has 0 aliphatic carbocycles. The van der Waals surface area contributed by atoms with E-state index in [1.54, 1.807) is 4.90 Å². The van der Waals surface area contributed by atoms with E-state index in [4.69, 9.17) is 9.47 Å². The zero-order chi connectivity index (χ0) is 9.47. The van der Waals surface area contributed by atoms with Crippen LogP contribution in [0.25, 0.3) is 0 Å². The topological polar surface area (TPSA) is 38.8 Å². The summed E-state index contributed by atoms with van der Waals surface area (Å²) in [6.45, 7) is 5.96. The van der Waals surface area contributed by atoms with Crippen LogP contribution >= 0.6 is 0 Å². The third kappa shape index (κ3) is 1.50. The first-order chi connectivity index (χ1) is 6.11. The monoisotopic (exact) mass is 185 g/mol. The van der Waals surface area contributed by atoms with Gasteiger partial charge in [0.05, 0.1) is 25.8 Å². The van der Waals surface area contributed by atoms with Crippen molar-refractivity contribution in [1.82, 2.24) is 4.90 Å². The normalized spacial score (nSPS) is 24.1. The van der Waals surface area contributed by atoms with E-state index in [1.165, 1.54) is 0 Å². The Bertz CT molecular complexity index is 215. The molecule has 0 atom stereocenters. The van der Waals surface area contributed by atoms with Crippen molar-refractivity contribution in [3.8, 4) is 0 Å². The first kappa shape index (κ1) is 8.81. The molecule has 2 rings (SSSR count). The van der Waals surface area contributed by atoms with Crippen molar-refractivity contribution in [3.05, 3.63) is 0 Å². The predicted molar refractivity (Wildman–Crippen MR) is 46.5 cm³/mol. The van der Waals surface area contributed by atoms with Gasteiger partial charge in [-0.2, -0.15) is 0 Å². The van der Waals surface area contributed by atoms with Crippen molar-refractivity contribution in [2.75, 3.05) is 19.7 Å². The van der Waals surface area contributed by atoms with Gasteiger partial charge in [-0.3, -0.25) is 0 Å². The highest BCUT2D eigenvalue weighted by atomic mass is 16.6. The second kappa shape index (κ2) is 2.87. The van der Waals surface area contributed by atoms with Gasteiger partial charge in [0.25, 0.3) is 0 Å². The molecule has 2 saturated heterocycles. The van der Waals surface area contributed by atoms with Gasteiger partial charge in [0.1, 0.15) is 5.60 Å². The minimum atomic E-state index is -0.212. The second-order valence-electron chi connectivity index (χ2n) is 4.07. The summed E-state index contributed by atoms with van der Waals surface area (Å²) in [5.74, 6) is 0. The van der Waals surface area contributed by atoms with Crippen LogP contribution in [-0.4, -0.2) is 42.4 Å². The molecule has 0 bridgehead atoms. The molecule has 0 aromatic carbocycles. The highest BCUT2D eigenvalue weighted by molar-refractivity contribution is 5.69. The summed E-state index contributed by atoms with van der Waals surface area (Å²) in [7, 11) is 0. The maximum atomic E-state index is 11.3. The van der Waals surface area contributed by atoms with E-state index in [0.717, 1.165) is 13.0 Å². The SMILES string of the molecule is CC(C)OC(=O)N1CC2(CCO2)C1. The van der Waals surface area contributed by atoms with Gasteiger partial charge in [0.15, 0.2) is 0 Å². The number of nitrogens with zero attached hydrogens (tertiary/aromatic N) is 1. The Hall–Kier alpha value is -0.770. The van der Waals surface area contributed by atoms with Crippen molar-refractivity contribution < 1.29 is 14.3 Å². The van der Waals surface area contributed by atoms with Crippen LogP contribution in [0, 0.1) is 0 Å². The summed E-state index contributed by atoms with van der Waals surface area (Å²) in [5.41, 5.74) is 0.00992. The summed E-state index contributed by atoms with van der Waals surface area (Å²) in [4.78, 5) is 13.0. The molecule has 2 heterocycles. The lowest BCUT2D eigenvalue weighted by Crippen LogP contribution is -2.69. The summed E-state index contributed by atoms with van der Waals surface area (Å²) < 4.78 is 10.4. The molecular formula is C9H15NO3. The quantitative estimate of drug-likeness (QED) is 0.612. The Kier molecular flexibility index (Phi) is 1.95. The van der Waals surface area contributed by atoms with Crippen LogP contribution in [0.2, 0.25) is 0 Å². The molecule has 2 aliphatic heterocycles. The van der Waals surface area contributed by atoms with E-state index in [-0.39, 0.29) is 17.8 Å². The highest BCUT2D eigenvalue weighted by Gasteiger charge is 2.51.